The average Bonchev–Trinajstić information content (AvgIpc) is 2.86. The maximum absolute atomic E-state index is 5.03. The van der Waals surface area contributed by atoms with E-state index < -0.39 is 0 Å². The van der Waals surface area contributed by atoms with Crippen molar-refractivity contribution in [3.63, 3.8) is 0 Å². The van der Waals surface area contributed by atoms with Gasteiger partial charge in [-0.05, 0) is 18.3 Å². The third-order valence-corrected chi connectivity index (χ3v) is 3.99. The standard InChI is InChI=1S/C13H18N4O/c1-9-4-2-3-5-10(9)6-14-12-11-7-17-18-13(11)16-8-15-12/h7-10H,2-6H2,1H3,(H,14,15,16). The number of hydrogen-bond donors (Lipinski definition) is 1. The van der Waals surface area contributed by atoms with Gasteiger partial charge in [-0.3, -0.25) is 0 Å². The molecule has 1 aliphatic carbocycles. The van der Waals surface area contributed by atoms with Crippen LogP contribution in [-0.2, 0) is 0 Å². The molecule has 0 bridgehead atoms. The third kappa shape index (κ3) is 2.17. The van der Waals surface area contributed by atoms with E-state index in [0.717, 1.165) is 29.6 Å². The number of hydrogen-bond acceptors (Lipinski definition) is 5. The lowest BCUT2D eigenvalue weighted by molar-refractivity contribution is 0.268. The van der Waals surface area contributed by atoms with E-state index in [4.69, 9.17) is 4.52 Å². The summed E-state index contributed by atoms with van der Waals surface area (Å²) in [6, 6.07) is 0. The van der Waals surface area contributed by atoms with E-state index in [0.29, 0.717) is 5.71 Å². The van der Waals surface area contributed by atoms with Gasteiger partial charge in [-0.1, -0.05) is 31.3 Å². The molecule has 0 amide bonds. The summed E-state index contributed by atoms with van der Waals surface area (Å²) in [5, 5.41) is 8.04. The zero-order chi connectivity index (χ0) is 12.4. The second-order valence-electron chi connectivity index (χ2n) is 5.17. The molecule has 2 aromatic heterocycles. The molecule has 3 rings (SSSR count). The molecule has 1 N–H and O–H groups in total. The van der Waals surface area contributed by atoms with Gasteiger partial charge in [0.05, 0.1) is 6.20 Å². The fourth-order valence-electron chi connectivity index (χ4n) is 2.76. The summed E-state index contributed by atoms with van der Waals surface area (Å²) in [6.45, 7) is 3.32. The molecule has 5 nitrogen and oxygen atoms in total. The minimum absolute atomic E-state index is 0.546. The van der Waals surface area contributed by atoms with Crippen molar-refractivity contribution in [2.24, 2.45) is 11.8 Å². The third-order valence-electron chi connectivity index (χ3n) is 3.99. The van der Waals surface area contributed by atoms with Crippen molar-refractivity contribution in [1.29, 1.82) is 0 Å². The van der Waals surface area contributed by atoms with Gasteiger partial charge in [0.25, 0.3) is 5.71 Å². The minimum atomic E-state index is 0.546. The monoisotopic (exact) mass is 246 g/mol. The molecule has 0 aliphatic heterocycles. The average molecular weight is 246 g/mol. The van der Waals surface area contributed by atoms with Crippen LogP contribution in [0.2, 0.25) is 0 Å². The van der Waals surface area contributed by atoms with Crippen LogP contribution in [0.3, 0.4) is 0 Å². The highest BCUT2D eigenvalue weighted by Gasteiger charge is 2.21. The van der Waals surface area contributed by atoms with Gasteiger partial charge >= 0.3 is 0 Å². The van der Waals surface area contributed by atoms with E-state index in [2.05, 4.69) is 27.4 Å². The smallest absolute Gasteiger partial charge is 0.262 e. The Hall–Kier alpha value is -1.65. The zero-order valence-electron chi connectivity index (χ0n) is 10.6. The number of anilines is 1. The normalized spacial score (nSPS) is 24.3. The molecule has 1 fully saturated rings. The van der Waals surface area contributed by atoms with Crippen LogP contribution in [0.5, 0.6) is 0 Å². The van der Waals surface area contributed by atoms with Crippen molar-refractivity contribution in [2.45, 2.75) is 32.6 Å². The molecular weight excluding hydrogens is 228 g/mol. The SMILES string of the molecule is CC1CCCCC1CNc1ncnc2oncc12. The molecule has 0 radical (unpaired) electrons. The number of rotatable bonds is 3. The Balaban J connectivity index is 1.71. The number of aromatic nitrogens is 3. The lowest BCUT2D eigenvalue weighted by atomic mass is 9.80. The van der Waals surface area contributed by atoms with Crippen molar-refractivity contribution in [2.75, 3.05) is 11.9 Å². The summed E-state index contributed by atoms with van der Waals surface area (Å²) in [5.74, 6) is 2.37. The molecule has 1 aliphatic rings. The first-order valence-corrected chi connectivity index (χ1v) is 6.64. The summed E-state index contributed by atoms with van der Waals surface area (Å²) in [6.07, 6.45) is 8.57. The van der Waals surface area contributed by atoms with Crippen LogP contribution < -0.4 is 5.32 Å². The van der Waals surface area contributed by atoms with Crippen LogP contribution in [0.4, 0.5) is 5.82 Å². The molecule has 2 heterocycles. The Morgan fingerprint density at radius 2 is 2.22 bits per heavy atom. The van der Waals surface area contributed by atoms with E-state index in [9.17, 15) is 0 Å². The molecule has 2 atom stereocenters. The van der Waals surface area contributed by atoms with Crippen LogP contribution in [-0.4, -0.2) is 21.7 Å². The largest absolute Gasteiger partial charge is 0.369 e. The minimum Gasteiger partial charge on any atom is -0.369 e. The van der Waals surface area contributed by atoms with Crippen LogP contribution in [0.25, 0.3) is 11.1 Å². The molecule has 0 spiro atoms. The van der Waals surface area contributed by atoms with Gasteiger partial charge in [-0.15, -0.1) is 0 Å². The molecule has 5 heteroatoms. The second kappa shape index (κ2) is 4.92. The second-order valence-corrected chi connectivity index (χ2v) is 5.17. The number of nitrogens with zero attached hydrogens (tertiary/aromatic N) is 3. The quantitative estimate of drug-likeness (QED) is 0.902. The molecular formula is C13H18N4O. The van der Waals surface area contributed by atoms with E-state index in [1.165, 1.54) is 32.0 Å². The zero-order valence-corrected chi connectivity index (χ0v) is 10.6. The molecule has 96 valence electrons. The molecule has 2 unspecified atom stereocenters. The fourth-order valence-corrected chi connectivity index (χ4v) is 2.76. The van der Waals surface area contributed by atoms with Crippen LogP contribution in [0, 0.1) is 11.8 Å². The lowest BCUT2D eigenvalue weighted by Crippen LogP contribution is -2.24. The van der Waals surface area contributed by atoms with Crippen molar-refractivity contribution in [3.8, 4) is 0 Å². The maximum atomic E-state index is 5.03. The Morgan fingerprint density at radius 1 is 1.33 bits per heavy atom. The van der Waals surface area contributed by atoms with E-state index in [1.807, 2.05) is 0 Å². The summed E-state index contributed by atoms with van der Waals surface area (Å²) in [4.78, 5) is 8.30. The first-order valence-electron chi connectivity index (χ1n) is 6.64. The van der Waals surface area contributed by atoms with Gasteiger partial charge in [0, 0.05) is 6.54 Å². The van der Waals surface area contributed by atoms with Gasteiger partial charge < -0.3 is 9.84 Å². The van der Waals surface area contributed by atoms with Gasteiger partial charge in [-0.2, -0.15) is 4.98 Å². The molecule has 1 saturated carbocycles. The highest BCUT2D eigenvalue weighted by atomic mass is 16.5. The Kier molecular flexibility index (Phi) is 3.13. The summed E-state index contributed by atoms with van der Waals surface area (Å²) in [7, 11) is 0. The number of nitrogens with one attached hydrogen (secondary N) is 1. The topological polar surface area (TPSA) is 63.8 Å². The van der Waals surface area contributed by atoms with Crippen molar-refractivity contribution < 1.29 is 4.52 Å². The highest BCUT2D eigenvalue weighted by Crippen LogP contribution is 2.30. The van der Waals surface area contributed by atoms with Gasteiger partial charge in [-0.25, -0.2) is 4.98 Å². The lowest BCUT2D eigenvalue weighted by Gasteiger charge is -2.28. The molecule has 0 aromatic carbocycles. The van der Waals surface area contributed by atoms with E-state index >= 15 is 0 Å². The maximum Gasteiger partial charge on any atom is 0.262 e. The number of fused-ring (bicyclic) bond motifs is 1. The van der Waals surface area contributed by atoms with Gasteiger partial charge in [0.2, 0.25) is 0 Å². The van der Waals surface area contributed by atoms with Crippen molar-refractivity contribution >= 4 is 16.9 Å². The van der Waals surface area contributed by atoms with E-state index in [-0.39, 0.29) is 0 Å². The van der Waals surface area contributed by atoms with Crippen molar-refractivity contribution in [3.05, 3.63) is 12.5 Å². The van der Waals surface area contributed by atoms with Gasteiger partial charge in [0.1, 0.15) is 17.5 Å². The highest BCUT2D eigenvalue weighted by molar-refractivity contribution is 5.84. The Morgan fingerprint density at radius 3 is 3.11 bits per heavy atom. The first-order chi connectivity index (χ1) is 8.84. The van der Waals surface area contributed by atoms with Crippen LogP contribution in [0.15, 0.2) is 17.0 Å². The molecule has 18 heavy (non-hydrogen) atoms. The van der Waals surface area contributed by atoms with Crippen molar-refractivity contribution in [1.82, 2.24) is 15.1 Å². The van der Waals surface area contributed by atoms with Gasteiger partial charge in [0.15, 0.2) is 0 Å². The summed E-state index contributed by atoms with van der Waals surface area (Å²) in [5.41, 5.74) is 0.546. The summed E-state index contributed by atoms with van der Waals surface area (Å²) >= 11 is 0. The Bertz CT molecular complexity index is 524. The van der Waals surface area contributed by atoms with Crippen LogP contribution >= 0.6 is 0 Å². The Labute approximate surface area is 106 Å². The van der Waals surface area contributed by atoms with E-state index in [1.54, 1.807) is 6.20 Å². The molecule has 0 saturated heterocycles. The predicted octanol–water partition coefficient (Wildman–Crippen LogP) is 2.86. The summed E-state index contributed by atoms with van der Waals surface area (Å²) < 4.78 is 5.03. The molecule has 2 aromatic rings. The first kappa shape index (κ1) is 11.4. The predicted molar refractivity (Wildman–Crippen MR) is 69.2 cm³/mol. The van der Waals surface area contributed by atoms with Crippen LogP contribution in [0.1, 0.15) is 32.6 Å². The fraction of sp³-hybridized carbons (Fsp3) is 0.615.